The largest absolute Gasteiger partial charge is 0.381 e. The molecule has 1 saturated heterocycles. The minimum absolute atomic E-state index is 0.139. The molecule has 0 aliphatic carbocycles. The molecule has 0 saturated carbocycles. The van der Waals surface area contributed by atoms with Crippen molar-refractivity contribution in [3.63, 3.8) is 0 Å². The third kappa shape index (κ3) is 4.40. The van der Waals surface area contributed by atoms with Crippen LogP contribution in [0.15, 0.2) is 0 Å². The van der Waals surface area contributed by atoms with Gasteiger partial charge in [0.15, 0.2) is 0 Å². The van der Waals surface area contributed by atoms with Crippen LogP contribution in [0.3, 0.4) is 0 Å². The molecule has 0 spiro atoms. The minimum atomic E-state index is -0.139. The second-order valence-electron chi connectivity index (χ2n) is 5.44. The van der Waals surface area contributed by atoms with Crippen molar-refractivity contribution in [1.29, 1.82) is 0 Å². The zero-order valence-electron chi connectivity index (χ0n) is 11.6. The first kappa shape index (κ1) is 14.7. The summed E-state index contributed by atoms with van der Waals surface area (Å²) in [4.78, 5) is 13.6. The highest BCUT2D eigenvalue weighted by atomic mass is 16.5. The second-order valence-corrected chi connectivity index (χ2v) is 5.44. The molecule has 0 radical (unpaired) electrons. The van der Waals surface area contributed by atoms with Crippen LogP contribution in [0.4, 0.5) is 0 Å². The molecular weight excluding hydrogens is 214 g/mol. The van der Waals surface area contributed by atoms with E-state index in [1.807, 2.05) is 0 Å². The normalized spacial score (nSPS) is 18.6. The van der Waals surface area contributed by atoms with E-state index in [4.69, 9.17) is 4.74 Å². The summed E-state index contributed by atoms with van der Waals surface area (Å²) in [5.41, 5.74) is -0.139. The monoisotopic (exact) mass is 241 g/mol. The van der Waals surface area contributed by atoms with Gasteiger partial charge in [-0.15, -0.1) is 0 Å². The summed E-state index contributed by atoms with van der Waals surface area (Å²) in [5.74, 6) is 0.742. The van der Waals surface area contributed by atoms with E-state index >= 15 is 0 Å². The maximum Gasteiger partial charge on any atom is 0.127 e. The van der Waals surface area contributed by atoms with E-state index in [1.165, 1.54) is 0 Å². The lowest BCUT2D eigenvalue weighted by Gasteiger charge is -2.33. The van der Waals surface area contributed by atoms with Crippen molar-refractivity contribution in [3.05, 3.63) is 0 Å². The van der Waals surface area contributed by atoms with Crippen molar-refractivity contribution in [1.82, 2.24) is 4.90 Å². The molecular formula is C14H27NO2. The number of aldehydes is 1. The van der Waals surface area contributed by atoms with Crippen LogP contribution in [0, 0.1) is 11.3 Å². The van der Waals surface area contributed by atoms with Gasteiger partial charge in [0, 0.05) is 31.7 Å². The van der Waals surface area contributed by atoms with Crippen molar-refractivity contribution in [2.45, 2.75) is 39.5 Å². The Hall–Kier alpha value is -0.410. The van der Waals surface area contributed by atoms with E-state index < -0.39 is 0 Å². The smallest absolute Gasteiger partial charge is 0.127 e. The van der Waals surface area contributed by atoms with Crippen molar-refractivity contribution in [2.75, 3.05) is 33.4 Å². The predicted octanol–water partition coefficient (Wildman–Crippen LogP) is 2.35. The van der Waals surface area contributed by atoms with Crippen molar-refractivity contribution in [2.24, 2.45) is 11.3 Å². The van der Waals surface area contributed by atoms with Crippen LogP contribution >= 0.6 is 0 Å². The molecule has 1 heterocycles. The first-order valence-corrected chi connectivity index (χ1v) is 6.88. The highest BCUT2D eigenvalue weighted by Gasteiger charge is 2.28. The highest BCUT2D eigenvalue weighted by Crippen LogP contribution is 2.25. The Labute approximate surface area is 106 Å². The number of hydrogen-bond acceptors (Lipinski definition) is 3. The maximum absolute atomic E-state index is 11.3. The zero-order valence-corrected chi connectivity index (χ0v) is 11.6. The molecule has 100 valence electrons. The Morgan fingerprint density at radius 2 is 1.88 bits per heavy atom. The summed E-state index contributed by atoms with van der Waals surface area (Å²) in [6.45, 7) is 8.01. The van der Waals surface area contributed by atoms with Crippen molar-refractivity contribution in [3.8, 4) is 0 Å². The van der Waals surface area contributed by atoms with E-state index in [2.05, 4.69) is 25.8 Å². The van der Waals surface area contributed by atoms with Crippen LogP contribution in [0.1, 0.15) is 39.5 Å². The zero-order chi connectivity index (χ0) is 12.7. The minimum Gasteiger partial charge on any atom is -0.381 e. The van der Waals surface area contributed by atoms with Gasteiger partial charge in [0.05, 0.1) is 0 Å². The van der Waals surface area contributed by atoms with Gasteiger partial charge in [-0.25, -0.2) is 0 Å². The summed E-state index contributed by atoms with van der Waals surface area (Å²) >= 11 is 0. The summed E-state index contributed by atoms with van der Waals surface area (Å²) in [5, 5.41) is 0. The summed E-state index contributed by atoms with van der Waals surface area (Å²) in [7, 11) is 2.14. The Morgan fingerprint density at radius 1 is 1.29 bits per heavy atom. The average molecular weight is 241 g/mol. The number of nitrogens with zero attached hydrogens (tertiary/aromatic N) is 1. The number of hydrogen-bond donors (Lipinski definition) is 0. The van der Waals surface area contributed by atoms with Gasteiger partial charge in [-0.3, -0.25) is 0 Å². The first-order valence-electron chi connectivity index (χ1n) is 6.88. The molecule has 0 aromatic rings. The summed E-state index contributed by atoms with van der Waals surface area (Å²) in [6.07, 6.45) is 5.36. The molecule has 0 amide bonds. The fourth-order valence-electron chi connectivity index (χ4n) is 2.65. The van der Waals surface area contributed by atoms with Gasteiger partial charge in [-0.05, 0) is 38.6 Å². The molecule has 1 rings (SSSR count). The molecule has 1 aliphatic heterocycles. The molecule has 0 aromatic heterocycles. The third-order valence-corrected chi connectivity index (χ3v) is 4.15. The first-order chi connectivity index (χ1) is 8.15. The van der Waals surface area contributed by atoms with Gasteiger partial charge in [-0.1, -0.05) is 13.8 Å². The van der Waals surface area contributed by atoms with E-state index in [-0.39, 0.29) is 5.41 Å². The molecule has 1 fully saturated rings. The Bertz CT molecular complexity index is 220. The van der Waals surface area contributed by atoms with Crippen LogP contribution in [0.5, 0.6) is 0 Å². The molecule has 0 bridgehead atoms. The number of carbonyl (C=O) groups is 1. The van der Waals surface area contributed by atoms with E-state index in [0.717, 1.165) is 64.2 Å². The second kappa shape index (κ2) is 7.12. The van der Waals surface area contributed by atoms with E-state index in [0.29, 0.717) is 0 Å². The number of rotatable bonds is 7. The lowest BCUT2D eigenvalue weighted by molar-refractivity contribution is -0.117. The van der Waals surface area contributed by atoms with Gasteiger partial charge in [0.25, 0.3) is 0 Å². The Balaban J connectivity index is 2.40. The van der Waals surface area contributed by atoms with Gasteiger partial charge in [-0.2, -0.15) is 0 Å². The van der Waals surface area contributed by atoms with Crippen LogP contribution in [0.2, 0.25) is 0 Å². The molecule has 17 heavy (non-hydrogen) atoms. The van der Waals surface area contributed by atoms with Gasteiger partial charge in [0.1, 0.15) is 6.29 Å². The molecule has 3 heteroatoms. The summed E-state index contributed by atoms with van der Waals surface area (Å²) < 4.78 is 5.37. The van der Waals surface area contributed by atoms with Crippen molar-refractivity contribution < 1.29 is 9.53 Å². The standard InChI is InChI=1S/C14H27NO2/c1-4-14(5-2,12-16)11-15(3)10-13-6-8-17-9-7-13/h12-13H,4-11H2,1-3H3. The Morgan fingerprint density at radius 3 is 2.35 bits per heavy atom. The number of carbonyl (C=O) groups excluding carboxylic acids is 1. The topological polar surface area (TPSA) is 29.5 Å². The lowest BCUT2D eigenvalue weighted by atomic mass is 9.83. The predicted molar refractivity (Wildman–Crippen MR) is 70.1 cm³/mol. The quantitative estimate of drug-likeness (QED) is 0.641. The molecule has 0 unspecified atom stereocenters. The number of ether oxygens (including phenoxy) is 1. The van der Waals surface area contributed by atoms with Gasteiger partial charge >= 0.3 is 0 Å². The van der Waals surface area contributed by atoms with Crippen LogP contribution in [-0.2, 0) is 9.53 Å². The third-order valence-electron chi connectivity index (χ3n) is 4.15. The van der Waals surface area contributed by atoms with E-state index in [1.54, 1.807) is 0 Å². The lowest BCUT2D eigenvalue weighted by Crippen LogP contribution is -2.39. The molecule has 0 atom stereocenters. The SMILES string of the molecule is CCC(C=O)(CC)CN(C)CC1CCOCC1. The van der Waals surface area contributed by atoms with Crippen LogP contribution in [0.25, 0.3) is 0 Å². The fraction of sp³-hybridized carbons (Fsp3) is 0.929. The van der Waals surface area contributed by atoms with Crippen molar-refractivity contribution >= 4 is 6.29 Å². The van der Waals surface area contributed by atoms with Gasteiger partial charge < -0.3 is 14.4 Å². The Kier molecular flexibility index (Phi) is 6.14. The maximum atomic E-state index is 11.3. The highest BCUT2D eigenvalue weighted by molar-refractivity contribution is 5.59. The fourth-order valence-corrected chi connectivity index (χ4v) is 2.65. The molecule has 0 aromatic carbocycles. The van der Waals surface area contributed by atoms with Gasteiger partial charge in [0.2, 0.25) is 0 Å². The van der Waals surface area contributed by atoms with Crippen LogP contribution in [-0.4, -0.2) is 44.5 Å². The molecule has 0 N–H and O–H groups in total. The van der Waals surface area contributed by atoms with Crippen LogP contribution < -0.4 is 0 Å². The van der Waals surface area contributed by atoms with E-state index in [9.17, 15) is 4.79 Å². The molecule has 3 nitrogen and oxygen atoms in total. The summed E-state index contributed by atoms with van der Waals surface area (Å²) in [6, 6.07) is 0. The average Bonchev–Trinajstić information content (AvgIpc) is 2.37. The molecule has 1 aliphatic rings.